The second-order valence-electron chi connectivity index (χ2n) is 6.94. The molecular formula is C21H16ClFN4O3. The molecule has 0 atom stereocenters. The zero-order valence-electron chi connectivity index (χ0n) is 15.7. The van der Waals surface area contributed by atoms with Gasteiger partial charge in [-0.1, -0.05) is 23.7 Å². The molecule has 0 saturated carbocycles. The number of aromatic nitrogens is 3. The van der Waals surface area contributed by atoms with E-state index >= 15 is 4.39 Å². The Morgan fingerprint density at radius 2 is 1.93 bits per heavy atom. The topological polar surface area (TPSA) is 80.5 Å². The van der Waals surface area contributed by atoms with Crippen LogP contribution in [-0.4, -0.2) is 51.9 Å². The Hall–Kier alpha value is -3.23. The average Bonchev–Trinajstić information content (AvgIpc) is 3.20. The smallest absolute Gasteiger partial charge is 0.338 e. The summed E-state index contributed by atoms with van der Waals surface area (Å²) in [6.45, 7) is 1.85. The number of carboxylic acids is 1. The van der Waals surface area contributed by atoms with Gasteiger partial charge in [0.15, 0.2) is 5.82 Å². The van der Waals surface area contributed by atoms with Gasteiger partial charge in [0.05, 0.1) is 40.7 Å². The number of imidazole rings is 1. The molecule has 0 bridgehead atoms. The molecular weight excluding hydrogens is 411 g/mol. The molecule has 1 saturated heterocycles. The van der Waals surface area contributed by atoms with Gasteiger partial charge < -0.3 is 14.7 Å². The number of para-hydroxylation sites is 1. The van der Waals surface area contributed by atoms with E-state index in [1.54, 1.807) is 33.9 Å². The van der Waals surface area contributed by atoms with Crippen molar-refractivity contribution >= 4 is 45.2 Å². The molecule has 1 aliphatic heterocycles. The van der Waals surface area contributed by atoms with Crippen LogP contribution in [0.2, 0.25) is 5.02 Å². The number of pyridine rings is 1. The summed E-state index contributed by atoms with van der Waals surface area (Å²) in [5, 5.41) is 10.9. The van der Waals surface area contributed by atoms with E-state index in [-0.39, 0.29) is 22.3 Å². The van der Waals surface area contributed by atoms with Crippen LogP contribution in [0, 0.1) is 5.82 Å². The number of carbonyl (C=O) groups is 1. The lowest BCUT2D eigenvalue weighted by Crippen LogP contribution is -2.37. The predicted molar refractivity (Wildman–Crippen MR) is 111 cm³/mol. The Kier molecular flexibility index (Phi) is 4.52. The molecule has 2 aromatic carbocycles. The number of ether oxygens (including phenoxy) is 1. The van der Waals surface area contributed by atoms with E-state index in [9.17, 15) is 9.90 Å². The van der Waals surface area contributed by atoms with Crippen molar-refractivity contribution in [2.24, 2.45) is 0 Å². The number of morpholine rings is 1. The number of hydrogen-bond donors (Lipinski definition) is 1. The van der Waals surface area contributed by atoms with E-state index in [2.05, 4.69) is 9.97 Å². The number of fused-ring (bicyclic) bond motifs is 2. The fraction of sp³-hybridized carbons (Fsp3) is 0.190. The number of anilines is 1. The highest BCUT2D eigenvalue weighted by molar-refractivity contribution is 6.35. The lowest BCUT2D eigenvalue weighted by molar-refractivity contribution is 0.0699. The van der Waals surface area contributed by atoms with Crippen molar-refractivity contribution in [2.45, 2.75) is 0 Å². The summed E-state index contributed by atoms with van der Waals surface area (Å²) < 4.78 is 22.7. The van der Waals surface area contributed by atoms with Crippen LogP contribution in [0.25, 0.3) is 27.6 Å². The number of hydrogen-bond acceptors (Lipinski definition) is 5. The maximum absolute atomic E-state index is 15.8. The molecule has 0 amide bonds. The van der Waals surface area contributed by atoms with Gasteiger partial charge in [0.2, 0.25) is 0 Å². The van der Waals surface area contributed by atoms with Crippen LogP contribution in [0.15, 0.2) is 42.9 Å². The minimum absolute atomic E-state index is 0.0527. The van der Waals surface area contributed by atoms with Crippen molar-refractivity contribution in [3.63, 3.8) is 0 Å². The van der Waals surface area contributed by atoms with Gasteiger partial charge in [0, 0.05) is 24.7 Å². The standard InChI is InChI=1S/C21H16ClFN4O3/c22-14-3-1-2-12-15(4-5-24-18(12)14)27-11-25-19-13(21(28)29)10-16(17(23)20(19)27)26-6-8-30-9-7-26/h1-5,10-11H,6-9H2,(H,28,29). The van der Waals surface area contributed by atoms with Gasteiger partial charge in [-0.2, -0.15) is 0 Å². The van der Waals surface area contributed by atoms with E-state index in [1.807, 2.05) is 6.07 Å². The summed E-state index contributed by atoms with van der Waals surface area (Å²) in [4.78, 5) is 22.3. The quantitative estimate of drug-likeness (QED) is 0.535. The molecule has 2 aromatic heterocycles. The molecule has 30 heavy (non-hydrogen) atoms. The van der Waals surface area contributed by atoms with Crippen LogP contribution < -0.4 is 4.90 Å². The summed E-state index contributed by atoms with van der Waals surface area (Å²) in [6.07, 6.45) is 3.01. The fourth-order valence-electron chi connectivity index (χ4n) is 3.86. The zero-order valence-corrected chi connectivity index (χ0v) is 16.4. The fourth-order valence-corrected chi connectivity index (χ4v) is 4.08. The van der Waals surface area contributed by atoms with Crippen molar-refractivity contribution in [3.8, 4) is 5.69 Å². The third kappa shape index (κ3) is 2.88. The third-order valence-electron chi connectivity index (χ3n) is 5.28. The third-order valence-corrected chi connectivity index (χ3v) is 5.58. The predicted octanol–water partition coefficient (Wildman–Crippen LogP) is 3.90. The van der Waals surface area contributed by atoms with Crippen LogP contribution in [0.5, 0.6) is 0 Å². The van der Waals surface area contributed by atoms with E-state index in [0.29, 0.717) is 47.9 Å². The van der Waals surface area contributed by atoms with Crippen molar-refractivity contribution in [1.82, 2.24) is 14.5 Å². The molecule has 4 aromatic rings. The monoisotopic (exact) mass is 426 g/mol. The van der Waals surface area contributed by atoms with E-state index in [4.69, 9.17) is 16.3 Å². The van der Waals surface area contributed by atoms with Gasteiger partial charge in [-0.05, 0) is 18.2 Å². The molecule has 0 radical (unpaired) electrons. The van der Waals surface area contributed by atoms with E-state index in [0.717, 1.165) is 0 Å². The first kappa shape index (κ1) is 18.8. The maximum Gasteiger partial charge on any atom is 0.338 e. The molecule has 1 N–H and O–H groups in total. The van der Waals surface area contributed by atoms with Crippen molar-refractivity contribution in [2.75, 3.05) is 31.2 Å². The Morgan fingerprint density at radius 1 is 1.13 bits per heavy atom. The second kappa shape index (κ2) is 7.23. The molecule has 0 unspecified atom stereocenters. The van der Waals surface area contributed by atoms with Gasteiger partial charge in [-0.3, -0.25) is 9.55 Å². The van der Waals surface area contributed by atoms with E-state index in [1.165, 1.54) is 12.4 Å². The highest BCUT2D eigenvalue weighted by Crippen LogP contribution is 2.34. The number of benzene rings is 2. The minimum Gasteiger partial charge on any atom is -0.478 e. The SMILES string of the molecule is O=C(O)c1cc(N2CCOCC2)c(F)c2c1ncn2-c1ccnc2c(Cl)cccc12. The number of carboxylic acid groups (broad SMARTS) is 1. The van der Waals surface area contributed by atoms with Gasteiger partial charge in [-0.15, -0.1) is 0 Å². The molecule has 7 nitrogen and oxygen atoms in total. The van der Waals surface area contributed by atoms with Gasteiger partial charge in [0.1, 0.15) is 17.4 Å². The van der Waals surface area contributed by atoms with Gasteiger partial charge >= 0.3 is 5.97 Å². The van der Waals surface area contributed by atoms with Crippen LogP contribution in [0.1, 0.15) is 10.4 Å². The highest BCUT2D eigenvalue weighted by Gasteiger charge is 2.25. The maximum atomic E-state index is 15.8. The lowest BCUT2D eigenvalue weighted by atomic mass is 10.1. The van der Waals surface area contributed by atoms with Crippen molar-refractivity contribution in [1.29, 1.82) is 0 Å². The average molecular weight is 427 g/mol. The number of nitrogens with zero attached hydrogens (tertiary/aromatic N) is 4. The Labute approximate surface area is 175 Å². The first-order valence-corrected chi connectivity index (χ1v) is 9.73. The summed E-state index contributed by atoms with van der Waals surface area (Å²) in [6, 6.07) is 8.42. The molecule has 0 aliphatic carbocycles. The first-order chi connectivity index (χ1) is 14.6. The Bertz CT molecular complexity index is 1300. The van der Waals surface area contributed by atoms with Crippen LogP contribution in [0.3, 0.4) is 0 Å². The molecule has 3 heterocycles. The van der Waals surface area contributed by atoms with Gasteiger partial charge in [0.25, 0.3) is 0 Å². The first-order valence-electron chi connectivity index (χ1n) is 9.35. The highest BCUT2D eigenvalue weighted by atomic mass is 35.5. The normalized spacial score (nSPS) is 14.5. The summed E-state index contributed by atoms with van der Waals surface area (Å²) in [7, 11) is 0. The van der Waals surface area contributed by atoms with Crippen molar-refractivity contribution in [3.05, 3.63) is 59.3 Å². The lowest BCUT2D eigenvalue weighted by Gasteiger charge is -2.29. The molecule has 152 valence electrons. The van der Waals surface area contributed by atoms with Crippen LogP contribution >= 0.6 is 11.6 Å². The van der Waals surface area contributed by atoms with Gasteiger partial charge in [-0.25, -0.2) is 14.2 Å². The van der Waals surface area contributed by atoms with Crippen LogP contribution in [-0.2, 0) is 4.74 Å². The number of rotatable bonds is 3. The molecule has 1 aliphatic rings. The zero-order chi connectivity index (χ0) is 20.8. The minimum atomic E-state index is -1.16. The summed E-state index contributed by atoms with van der Waals surface area (Å²) >= 11 is 6.28. The van der Waals surface area contributed by atoms with Crippen molar-refractivity contribution < 1.29 is 19.0 Å². The van der Waals surface area contributed by atoms with Crippen LogP contribution in [0.4, 0.5) is 10.1 Å². The largest absolute Gasteiger partial charge is 0.478 e. The molecule has 1 fully saturated rings. The molecule has 5 rings (SSSR count). The van der Waals surface area contributed by atoms with E-state index < -0.39 is 11.8 Å². The molecule has 9 heteroatoms. The Morgan fingerprint density at radius 3 is 2.70 bits per heavy atom. The second-order valence-corrected chi connectivity index (χ2v) is 7.35. The Balaban J connectivity index is 1.82. The summed E-state index contributed by atoms with van der Waals surface area (Å²) in [5.41, 5.74) is 1.54. The summed E-state index contributed by atoms with van der Waals surface area (Å²) in [5.74, 6) is -1.69. The number of aromatic carboxylic acids is 1. The number of halogens is 2. The molecule has 0 spiro atoms.